The van der Waals surface area contributed by atoms with E-state index in [1.807, 2.05) is 13.8 Å². The Morgan fingerprint density at radius 2 is 2.36 bits per heavy atom. The van der Waals surface area contributed by atoms with Gasteiger partial charge in [0.25, 0.3) is 0 Å². The third-order valence-electron chi connectivity index (χ3n) is 3.24. The van der Waals surface area contributed by atoms with Crippen molar-refractivity contribution in [2.75, 3.05) is 0 Å². The summed E-state index contributed by atoms with van der Waals surface area (Å²) in [5.41, 5.74) is -0.226. The Balaban J connectivity index is 2.33. The Hall–Kier alpha value is -0.340. The molecule has 0 radical (unpaired) electrons. The summed E-state index contributed by atoms with van der Waals surface area (Å²) in [6.07, 6.45) is 2.06. The highest BCUT2D eigenvalue weighted by Gasteiger charge is 2.70. The largest absolute Gasteiger partial charge is 0.382 e. The number of hydrogen-bond acceptors (Lipinski definition) is 2. The summed E-state index contributed by atoms with van der Waals surface area (Å²) in [5.74, 6) is 0. The number of epoxide rings is 1. The molecule has 0 spiro atoms. The molecule has 1 aliphatic carbocycles. The lowest BCUT2D eigenvalue weighted by molar-refractivity contribution is -0.00355. The monoisotopic (exact) mass is 154 g/mol. The van der Waals surface area contributed by atoms with E-state index in [1.165, 1.54) is 0 Å². The molecule has 2 rings (SSSR count). The Bertz CT molecular complexity index is 222. The summed E-state index contributed by atoms with van der Waals surface area (Å²) < 4.78 is 5.41. The van der Waals surface area contributed by atoms with Gasteiger partial charge in [0.05, 0.1) is 6.10 Å². The molecule has 0 aromatic heterocycles. The zero-order valence-electron chi connectivity index (χ0n) is 7.05. The van der Waals surface area contributed by atoms with Gasteiger partial charge in [-0.3, -0.25) is 0 Å². The molecule has 2 aliphatic rings. The van der Waals surface area contributed by atoms with Crippen molar-refractivity contribution in [1.29, 1.82) is 0 Å². The Morgan fingerprint density at radius 3 is 2.55 bits per heavy atom. The van der Waals surface area contributed by atoms with Gasteiger partial charge in [-0.1, -0.05) is 6.58 Å². The van der Waals surface area contributed by atoms with E-state index in [-0.39, 0.29) is 11.7 Å². The van der Waals surface area contributed by atoms with Gasteiger partial charge in [-0.25, -0.2) is 0 Å². The van der Waals surface area contributed by atoms with E-state index in [2.05, 4.69) is 6.58 Å². The Labute approximate surface area is 66.9 Å². The molecule has 0 bridgehead atoms. The Morgan fingerprint density at radius 1 is 1.73 bits per heavy atom. The van der Waals surface area contributed by atoms with Crippen molar-refractivity contribution in [2.45, 2.75) is 44.0 Å². The number of aliphatic hydroxyl groups is 1. The van der Waals surface area contributed by atoms with E-state index < -0.39 is 5.60 Å². The summed E-state index contributed by atoms with van der Waals surface area (Å²) in [6, 6.07) is 0. The number of ether oxygens (including phenoxy) is 1. The van der Waals surface area contributed by atoms with Crippen LogP contribution in [0, 0.1) is 0 Å². The lowest BCUT2D eigenvalue weighted by Gasteiger charge is -2.29. The van der Waals surface area contributed by atoms with Crippen molar-refractivity contribution >= 4 is 0 Å². The summed E-state index contributed by atoms with van der Waals surface area (Å²) in [5, 5.41) is 10.1. The molecule has 0 unspecified atom stereocenters. The molecular weight excluding hydrogens is 140 g/mol. The molecule has 0 aromatic carbocycles. The Kier molecular flexibility index (Phi) is 1.13. The highest BCUT2D eigenvalue weighted by molar-refractivity contribution is 5.30. The predicted molar refractivity (Wildman–Crippen MR) is 42.3 cm³/mol. The van der Waals surface area contributed by atoms with Gasteiger partial charge in [-0.2, -0.15) is 0 Å². The van der Waals surface area contributed by atoms with Crippen LogP contribution in [0.2, 0.25) is 0 Å². The quantitative estimate of drug-likeness (QED) is 0.455. The summed E-state index contributed by atoms with van der Waals surface area (Å²) >= 11 is 0. The van der Waals surface area contributed by atoms with Crippen molar-refractivity contribution in [3.63, 3.8) is 0 Å². The van der Waals surface area contributed by atoms with E-state index in [0.29, 0.717) is 0 Å². The minimum absolute atomic E-state index is 0.282. The molecule has 1 saturated carbocycles. The van der Waals surface area contributed by atoms with Gasteiger partial charge in [0, 0.05) is 0 Å². The number of fused-ring (bicyclic) bond motifs is 1. The van der Waals surface area contributed by atoms with Gasteiger partial charge in [0.1, 0.15) is 11.2 Å². The second-order valence-electron chi connectivity index (χ2n) is 3.89. The maximum absolute atomic E-state index is 10.1. The predicted octanol–water partition coefficient (Wildman–Crippen LogP) is 1.24. The fourth-order valence-corrected chi connectivity index (χ4v) is 2.18. The molecular formula is C9H14O2. The highest BCUT2D eigenvalue weighted by Crippen LogP contribution is 2.57. The molecule has 1 N–H and O–H groups in total. The first-order valence-electron chi connectivity index (χ1n) is 4.07. The van der Waals surface area contributed by atoms with Crippen LogP contribution in [0.3, 0.4) is 0 Å². The standard InChI is InChI=1S/C9H14O2/c1-6(2)9(10)5-4-7-8(9,3)11-7/h7,10H,1,4-5H2,2-3H3/t7-,8-,9-/m0/s1. The van der Waals surface area contributed by atoms with Crippen LogP contribution in [0.15, 0.2) is 12.2 Å². The van der Waals surface area contributed by atoms with Crippen LogP contribution in [0.4, 0.5) is 0 Å². The smallest absolute Gasteiger partial charge is 0.124 e. The molecule has 2 fully saturated rings. The van der Waals surface area contributed by atoms with Crippen molar-refractivity contribution < 1.29 is 9.84 Å². The van der Waals surface area contributed by atoms with Crippen molar-refractivity contribution in [3.05, 3.63) is 12.2 Å². The van der Waals surface area contributed by atoms with E-state index in [1.54, 1.807) is 0 Å². The molecule has 0 amide bonds. The minimum atomic E-state index is -0.752. The SMILES string of the molecule is C=C(C)[C@@]1(O)CC[C@@H]2O[C@@]21C. The summed E-state index contributed by atoms with van der Waals surface area (Å²) in [7, 11) is 0. The van der Waals surface area contributed by atoms with Crippen LogP contribution in [-0.4, -0.2) is 22.4 Å². The van der Waals surface area contributed by atoms with Crippen LogP contribution < -0.4 is 0 Å². The lowest BCUT2D eigenvalue weighted by Crippen LogP contribution is -2.41. The van der Waals surface area contributed by atoms with Gasteiger partial charge in [0.15, 0.2) is 0 Å². The molecule has 1 heterocycles. The lowest BCUT2D eigenvalue weighted by atomic mass is 9.85. The van der Waals surface area contributed by atoms with Crippen molar-refractivity contribution in [1.82, 2.24) is 0 Å². The first-order valence-corrected chi connectivity index (χ1v) is 4.07. The average molecular weight is 154 g/mol. The fourth-order valence-electron chi connectivity index (χ4n) is 2.18. The zero-order valence-corrected chi connectivity index (χ0v) is 7.05. The van der Waals surface area contributed by atoms with Gasteiger partial charge in [-0.15, -0.1) is 0 Å². The number of hydrogen-bond donors (Lipinski definition) is 1. The van der Waals surface area contributed by atoms with E-state index >= 15 is 0 Å². The van der Waals surface area contributed by atoms with Gasteiger partial charge in [0.2, 0.25) is 0 Å². The molecule has 3 atom stereocenters. The van der Waals surface area contributed by atoms with Crippen LogP contribution in [0.1, 0.15) is 26.7 Å². The average Bonchev–Trinajstić information content (AvgIpc) is 2.52. The molecule has 62 valence electrons. The number of rotatable bonds is 1. The molecule has 0 aromatic rings. The highest BCUT2D eigenvalue weighted by atomic mass is 16.6. The van der Waals surface area contributed by atoms with Crippen molar-refractivity contribution in [3.8, 4) is 0 Å². The van der Waals surface area contributed by atoms with Gasteiger partial charge >= 0.3 is 0 Å². The molecule has 1 aliphatic heterocycles. The molecule has 11 heavy (non-hydrogen) atoms. The van der Waals surface area contributed by atoms with Gasteiger partial charge < -0.3 is 9.84 Å². The third-order valence-corrected chi connectivity index (χ3v) is 3.24. The van der Waals surface area contributed by atoms with Crippen LogP contribution >= 0.6 is 0 Å². The molecule has 2 nitrogen and oxygen atoms in total. The normalized spacial score (nSPS) is 53.9. The van der Waals surface area contributed by atoms with Crippen LogP contribution in [-0.2, 0) is 4.74 Å². The molecule has 2 heteroatoms. The maximum atomic E-state index is 10.1. The van der Waals surface area contributed by atoms with E-state index in [9.17, 15) is 5.11 Å². The minimum Gasteiger partial charge on any atom is -0.382 e. The first kappa shape index (κ1) is 7.32. The first-order chi connectivity index (χ1) is 5.01. The van der Waals surface area contributed by atoms with E-state index in [4.69, 9.17) is 4.74 Å². The van der Waals surface area contributed by atoms with Crippen molar-refractivity contribution in [2.24, 2.45) is 0 Å². The second kappa shape index (κ2) is 1.70. The molecule has 1 saturated heterocycles. The summed E-state index contributed by atoms with van der Waals surface area (Å²) in [4.78, 5) is 0. The fraction of sp³-hybridized carbons (Fsp3) is 0.778. The van der Waals surface area contributed by atoms with Gasteiger partial charge in [-0.05, 0) is 32.3 Å². The zero-order chi connectivity index (χ0) is 8.28. The topological polar surface area (TPSA) is 32.8 Å². The third kappa shape index (κ3) is 0.644. The maximum Gasteiger partial charge on any atom is 0.124 e. The second-order valence-corrected chi connectivity index (χ2v) is 3.89. The van der Waals surface area contributed by atoms with Crippen LogP contribution in [0.25, 0.3) is 0 Å². The summed E-state index contributed by atoms with van der Waals surface area (Å²) in [6.45, 7) is 7.64. The van der Waals surface area contributed by atoms with Crippen LogP contribution in [0.5, 0.6) is 0 Å². The van der Waals surface area contributed by atoms with E-state index in [0.717, 1.165) is 18.4 Å².